The summed E-state index contributed by atoms with van der Waals surface area (Å²) in [7, 11) is 3.81. The molecule has 1 amide bonds. The number of nitrogens with zero attached hydrogens (tertiary/aromatic N) is 2. The number of anilines is 1. The van der Waals surface area contributed by atoms with Crippen LogP contribution >= 0.6 is 0 Å². The second kappa shape index (κ2) is 5.84. The van der Waals surface area contributed by atoms with Gasteiger partial charge in [0.05, 0.1) is 5.56 Å². The van der Waals surface area contributed by atoms with Crippen molar-refractivity contribution >= 4 is 11.7 Å². The van der Waals surface area contributed by atoms with Crippen molar-refractivity contribution in [2.45, 2.75) is 12.5 Å². The molecular weight excluding hydrogens is 242 g/mol. The Labute approximate surface area is 113 Å². The molecule has 102 valence electrons. The van der Waals surface area contributed by atoms with Crippen LogP contribution in [0, 0.1) is 5.92 Å². The highest BCUT2D eigenvalue weighted by Gasteiger charge is 2.20. The Balaban J connectivity index is 1.95. The van der Waals surface area contributed by atoms with E-state index in [0.29, 0.717) is 5.56 Å². The van der Waals surface area contributed by atoms with Crippen molar-refractivity contribution < 1.29 is 9.90 Å². The molecule has 2 atom stereocenters. The summed E-state index contributed by atoms with van der Waals surface area (Å²) in [6, 6.07) is 3.58. The first-order chi connectivity index (χ1) is 9.10. The first kappa shape index (κ1) is 13.5. The lowest BCUT2D eigenvalue weighted by Crippen LogP contribution is -2.33. The van der Waals surface area contributed by atoms with E-state index in [1.54, 1.807) is 12.3 Å². The average Bonchev–Trinajstić information content (AvgIpc) is 2.86. The first-order valence-electron chi connectivity index (χ1n) is 6.33. The van der Waals surface area contributed by atoms with Crippen LogP contribution in [0.5, 0.6) is 0 Å². The number of pyridine rings is 1. The number of aliphatic hydroxyl groups excluding tert-OH is 1. The Morgan fingerprint density at radius 2 is 2.26 bits per heavy atom. The Hall–Kier alpha value is -1.88. The summed E-state index contributed by atoms with van der Waals surface area (Å²) in [4.78, 5) is 18.1. The number of aliphatic hydroxyl groups is 1. The molecule has 1 heterocycles. The number of hydrogen-bond acceptors (Lipinski definition) is 4. The van der Waals surface area contributed by atoms with Crippen LogP contribution in [0.1, 0.15) is 16.8 Å². The minimum Gasteiger partial charge on any atom is -0.396 e. The molecule has 1 aromatic heterocycles. The van der Waals surface area contributed by atoms with Gasteiger partial charge in [-0.1, -0.05) is 12.2 Å². The molecule has 0 saturated heterocycles. The summed E-state index contributed by atoms with van der Waals surface area (Å²) in [5, 5.41) is 12.0. The van der Waals surface area contributed by atoms with Crippen molar-refractivity contribution in [3.8, 4) is 0 Å². The summed E-state index contributed by atoms with van der Waals surface area (Å²) >= 11 is 0. The molecule has 0 fully saturated rings. The molecule has 1 aromatic rings. The summed E-state index contributed by atoms with van der Waals surface area (Å²) < 4.78 is 0. The molecule has 0 aromatic carbocycles. The Kier molecular flexibility index (Phi) is 4.16. The maximum absolute atomic E-state index is 12.0. The van der Waals surface area contributed by atoms with Gasteiger partial charge in [0.2, 0.25) is 0 Å². The van der Waals surface area contributed by atoms with Gasteiger partial charge in [0, 0.05) is 38.9 Å². The Bertz CT molecular complexity index is 468. The van der Waals surface area contributed by atoms with Gasteiger partial charge in [-0.3, -0.25) is 4.79 Å². The van der Waals surface area contributed by atoms with Crippen LogP contribution in [0.2, 0.25) is 0 Å². The quantitative estimate of drug-likeness (QED) is 0.787. The van der Waals surface area contributed by atoms with Crippen LogP contribution in [0.4, 0.5) is 5.82 Å². The first-order valence-corrected chi connectivity index (χ1v) is 6.33. The van der Waals surface area contributed by atoms with Gasteiger partial charge in [0.15, 0.2) is 0 Å². The second-order valence-corrected chi connectivity index (χ2v) is 4.94. The van der Waals surface area contributed by atoms with Crippen molar-refractivity contribution in [2.75, 3.05) is 25.6 Å². The van der Waals surface area contributed by atoms with E-state index in [1.165, 1.54) is 0 Å². The summed E-state index contributed by atoms with van der Waals surface area (Å²) in [6.45, 7) is 0.127. The topological polar surface area (TPSA) is 65.5 Å². The average molecular weight is 261 g/mol. The van der Waals surface area contributed by atoms with Gasteiger partial charge in [-0.25, -0.2) is 4.98 Å². The van der Waals surface area contributed by atoms with Crippen LogP contribution in [0.3, 0.4) is 0 Å². The molecule has 2 rings (SSSR count). The fraction of sp³-hybridized carbons (Fsp3) is 0.429. The largest absolute Gasteiger partial charge is 0.396 e. The molecule has 0 spiro atoms. The van der Waals surface area contributed by atoms with Gasteiger partial charge < -0.3 is 15.3 Å². The number of nitrogens with one attached hydrogen (secondary N) is 1. The standard InChI is InChI=1S/C14H19N3O2/c1-17(2)13-6-4-11(8-15-13)14(19)16-12-5-3-10(7-12)9-18/h3-6,8,10,12,18H,7,9H2,1-2H3,(H,16,19)/t10-,12+/m0/s1. The molecule has 19 heavy (non-hydrogen) atoms. The Morgan fingerprint density at radius 3 is 2.79 bits per heavy atom. The molecule has 1 aliphatic rings. The number of hydrogen-bond donors (Lipinski definition) is 2. The van der Waals surface area contributed by atoms with Gasteiger partial charge in [0.25, 0.3) is 5.91 Å². The summed E-state index contributed by atoms with van der Waals surface area (Å²) in [5.41, 5.74) is 0.548. The number of rotatable bonds is 4. The second-order valence-electron chi connectivity index (χ2n) is 4.94. The molecule has 2 N–H and O–H groups in total. The van der Waals surface area contributed by atoms with E-state index in [1.807, 2.05) is 37.2 Å². The minimum atomic E-state index is -0.133. The van der Waals surface area contributed by atoms with Gasteiger partial charge in [-0.15, -0.1) is 0 Å². The van der Waals surface area contributed by atoms with Gasteiger partial charge in [-0.2, -0.15) is 0 Å². The van der Waals surface area contributed by atoms with Crippen molar-refractivity contribution in [3.63, 3.8) is 0 Å². The minimum absolute atomic E-state index is 0.00169. The van der Waals surface area contributed by atoms with Crippen LogP contribution < -0.4 is 10.2 Å². The number of carbonyl (C=O) groups excluding carboxylic acids is 1. The number of carbonyl (C=O) groups is 1. The van der Waals surface area contributed by atoms with Gasteiger partial charge in [-0.05, 0) is 18.6 Å². The lowest BCUT2D eigenvalue weighted by Gasteiger charge is -2.14. The monoisotopic (exact) mass is 261 g/mol. The van der Waals surface area contributed by atoms with E-state index in [4.69, 9.17) is 5.11 Å². The van der Waals surface area contributed by atoms with Crippen LogP contribution in [0.25, 0.3) is 0 Å². The van der Waals surface area contributed by atoms with E-state index in [-0.39, 0.29) is 24.5 Å². The summed E-state index contributed by atoms with van der Waals surface area (Å²) in [6.07, 6.45) is 6.21. The van der Waals surface area contributed by atoms with Crippen LogP contribution in [-0.4, -0.2) is 42.7 Å². The SMILES string of the molecule is CN(C)c1ccc(C(=O)N[C@@H]2C=C[C@H](CO)C2)cn1. The number of aromatic nitrogens is 1. The predicted octanol–water partition coefficient (Wildman–Crippen LogP) is 0.814. The normalized spacial score (nSPS) is 21.4. The maximum atomic E-state index is 12.0. The van der Waals surface area contributed by atoms with Crippen molar-refractivity contribution in [3.05, 3.63) is 36.0 Å². The fourth-order valence-corrected chi connectivity index (χ4v) is 2.05. The zero-order chi connectivity index (χ0) is 13.8. The molecular formula is C14H19N3O2. The lowest BCUT2D eigenvalue weighted by molar-refractivity contribution is 0.0940. The molecule has 0 aliphatic heterocycles. The molecule has 0 saturated carbocycles. The molecule has 0 radical (unpaired) electrons. The molecule has 1 aliphatic carbocycles. The highest BCUT2D eigenvalue weighted by atomic mass is 16.3. The van der Waals surface area contributed by atoms with E-state index in [0.717, 1.165) is 12.2 Å². The lowest BCUT2D eigenvalue weighted by atomic mass is 10.1. The van der Waals surface area contributed by atoms with Gasteiger partial charge >= 0.3 is 0 Å². The Morgan fingerprint density at radius 1 is 1.47 bits per heavy atom. The molecule has 0 bridgehead atoms. The van der Waals surface area contributed by atoms with Crippen molar-refractivity contribution in [1.29, 1.82) is 0 Å². The molecule has 0 unspecified atom stereocenters. The van der Waals surface area contributed by atoms with Crippen molar-refractivity contribution in [2.24, 2.45) is 5.92 Å². The van der Waals surface area contributed by atoms with Crippen LogP contribution in [0.15, 0.2) is 30.5 Å². The number of amides is 1. The van der Waals surface area contributed by atoms with Gasteiger partial charge in [0.1, 0.15) is 5.82 Å². The summed E-state index contributed by atoms with van der Waals surface area (Å²) in [5.74, 6) is 0.836. The zero-order valence-electron chi connectivity index (χ0n) is 11.2. The third-order valence-corrected chi connectivity index (χ3v) is 3.19. The molecule has 5 heteroatoms. The van der Waals surface area contributed by atoms with Crippen LogP contribution in [-0.2, 0) is 0 Å². The van der Waals surface area contributed by atoms with E-state index < -0.39 is 0 Å². The maximum Gasteiger partial charge on any atom is 0.253 e. The fourth-order valence-electron chi connectivity index (χ4n) is 2.05. The predicted molar refractivity (Wildman–Crippen MR) is 74.2 cm³/mol. The third kappa shape index (κ3) is 3.32. The highest BCUT2D eigenvalue weighted by Crippen LogP contribution is 2.17. The smallest absolute Gasteiger partial charge is 0.253 e. The van der Waals surface area contributed by atoms with E-state index >= 15 is 0 Å². The zero-order valence-corrected chi connectivity index (χ0v) is 11.2. The van der Waals surface area contributed by atoms with E-state index in [2.05, 4.69) is 10.3 Å². The van der Waals surface area contributed by atoms with E-state index in [9.17, 15) is 4.79 Å². The third-order valence-electron chi connectivity index (χ3n) is 3.19. The highest BCUT2D eigenvalue weighted by molar-refractivity contribution is 5.94. The van der Waals surface area contributed by atoms with Crippen molar-refractivity contribution in [1.82, 2.24) is 10.3 Å². The molecule has 5 nitrogen and oxygen atoms in total.